The predicted octanol–water partition coefficient (Wildman–Crippen LogP) is 1.58. The minimum absolute atomic E-state index is 0.556. The van der Waals surface area contributed by atoms with E-state index in [4.69, 9.17) is 10.00 Å². The second-order valence-electron chi connectivity index (χ2n) is 3.86. The number of H-pyrrole nitrogens is 1. The molecule has 0 unspecified atom stereocenters. The largest absolute Gasteiger partial charge is 0.495 e. The maximum absolute atomic E-state index is 8.99. The van der Waals surface area contributed by atoms with Crippen LogP contribution in [0.1, 0.15) is 16.7 Å². The Bertz CT molecular complexity index is 543. The van der Waals surface area contributed by atoms with Crippen molar-refractivity contribution < 1.29 is 4.74 Å². The molecule has 5 heteroatoms. The van der Waals surface area contributed by atoms with Crippen molar-refractivity contribution in [2.75, 3.05) is 7.11 Å². The summed E-state index contributed by atoms with van der Waals surface area (Å²) in [5.74, 6) is 0.607. The van der Waals surface area contributed by atoms with Crippen molar-refractivity contribution in [1.82, 2.24) is 15.5 Å². The Morgan fingerprint density at radius 3 is 2.89 bits per heavy atom. The Morgan fingerprint density at radius 2 is 2.22 bits per heavy atom. The van der Waals surface area contributed by atoms with E-state index in [1.54, 1.807) is 13.3 Å². The van der Waals surface area contributed by atoms with Crippen molar-refractivity contribution in [2.45, 2.75) is 13.1 Å². The lowest BCUT2D eigenvalue weighted by Gasteiger charge is -2.06. The van der Waals surface area contributed by atoms with Gasteiger partial charge in [-0.1, -0.05) is 6.07 Å². The number of hydrogen-bond donors (Lipinski definition) is 2. The normalized spacial score (nSPS) is 10.0. The lowest BCUT2D eigenvalue weighted by Crippen LogP contribution is -2.12. The van der Waals surface area contributed by atoms with Gasteiger partial charge in [0.15, 0.2) is 0 Å². The number of aromatic nitrogens is 2. The van der Waals surface area contributed by atoms with Gasteiger partial charge in [0.25, 0.3) is 0 Å². The highest BCUT2D eigenvalue weighted by Crippen LogP contribution is 2.18. The van der Waals surface area contributed by atoms with Gasteiger partial charge in [0.1, 0.15) is 11.8 Å². The number of benzene rings is 1. The van der Waals surface area contributed by atoms with Crippen LogP contribution in [0.2, 0.25) is 0 Å². The summed E-state index contributed by atoms with van der Waals surface area (Å²) in [5, 5.41) is 18.9. The first-order chi connectivity index (χ1) is 8.83. The van der Waals surface area contributed by atoms with E-state index in [0.717, 1.165) is 17.7 Å². The van der Waals surface area contributed by atoms with Gasteiger partial charge >= 0.3 is 0 Å². The number of methoxy groups -OCH3 is 1. The smallest absolute Gasteiger partial charge is 0.136 e. The summed E-state index contributed by atoms with van der Waals surface area (Å²) in [6, 6.07) is 7.72. The number of ether oxygens (including phenoxy) is 1. The van der Waals surface area contributed by atoms with Gasteiger partial charge < -0.3 is 10.1 Å². The van der Waals surface area contributed by atoms with Crippen LogP contribution in [0.15, 0.2) is 30.6 Å². The third-order valence-electron chi connectivity index (χ3n) is 2.60. The van der Waals surface area contributed by atoms with Crippen LogP contribution in [0.3, 0.4) is 0 Å². The van der Waals surface area contributed by atoms with E-state index in [-0.39, 0.29) is 0 Å². The average molecular weight is 242 g/mol. The summed E-state index contributed by atoms with van der Waals surface area (Å²) in [4.78, 5) is 0. The second kappa shape index (κ2) is 5.84. The Morgan fingerprint density at radius 1 is 1.39 bits per heavy atom. The zero-order valence-electron chi connectivity index (χ0n) is 10.1. The molecule has 0 fully saturated rings. The Kier molecular flexibility index (Phi) is 3.94. The van der Waals surface area contributed by atoms with E-state index < -0.39 is 0 Å². The fourth-order valence-corrected chi connectivity index (χ4v) is 1.68. The lowest BCUT2D eigenvalue weighted by atomic mass is 10.1. The second-order valence-corrected chi connectivity index (χ2v) is 3.86. The van der Waals surface area contributed by atoms with Crippen molar-refractivity contribution in [2.24, 2.45) is 0 Å². The molecule has 0 saturated heterocycles. The molecule has 2 rings (SSSR count). The molecule has 0 amide bonds. The highest BCUT2D eigenvalue weighted by atomic mass is 16.5. The van der Waals surface area contributed by atoms with Gasteiger partial charge in [-0.05, 0) is 17.7 Å². The van der Waals surface area contributed by atoms with Crippen LogP contribution in [-0.2, 0) is 13.1 Å². The van der Waals surface area contributed by atoms with E-state index in [0.29, 0.717) is 17.9 Å². The van der Waals surface area contributed by atoms with Crippen LogP contribution < -0.4 is 10.1 Å². The Labute approximate surface area is 105 Å². The summed E-state index contributed by atoms with van der Waals surface area (Å²) in [6.07, 6.45) is 3.63. The van der Waals surface area contributed by atoms with Gasteiger partial charge in [-0.3, -0.25) is 5.10 Å². The molecule has 2 N–H and O–H groups in total. The molecule has 2 aromatic rings. The number of rotatable bonds is 5. The molecule has 0 aliphatic carbocycles. The first kappa shape index (κ1) is 12.1. The molecular weight excluding hydrogens is 228 g/mol. The topological polar surface area (TPSA) is 73.7 Å². The van der Waals surface area contributed by atoms with Gasteiger partial charge in [0.05, 0.1) is 18.9 Å². The molecule has 1 aromatic heterocycles. The molecule has 0 bridgehead atoms. The Balaban J connectivity index is 1.96. The average Bonchev–Trinajstić information content (AvgIpc) is 2.91. The van der Waals surface area contributed by atoms with Crippen LogP contribution in [-0.4, -0.2) is 17.3 Å². The monoisotopic (exact) mass is 242 g/mol. The van der Waals surface area contributed by atoms with E-state index in [9.17, 15) is 0 Å². The summed E-state index contributed by atoms with van der Waals surface area (Å²) in [5.41, 5.74) is 2.71. The van der Waals surface area contributed by atoms with Crippen molar-refractivity contribution in [3.05, 3.63) is 47.3 Å². The molecule has 18 heavy (non-hydrogen) atoms. The van der Waals surface area contributed by atoms with E-state index in [1.807, 2.05) is 24.4 Å². The molecule has 0 aliphatic rings. The van der Waals surface area contributed by atoms with Crippen molar-refractivity contribution >= 4 is 0 Å². The van der Waals surface area contributed by atoms with Crippen LogP contribution in [0.4, 0.5) is 0 Å². The highest BCUT2D eigenvalue weighted by molar-refractivity contribution is 5.45. The zero-order valence-corrected chi connectivity index (χ0v) is 10.1. The SMILES string of the molecule is COc1ccc(CNCc2cn[nH]c2)cc1C#N. The highest BCUT2D eigenvalue weighted by Gasteiger charge is 2.03. The number of hydrogen-bond acceptors (Lipinski definition) is 4. The number of aromatic amines is 1. The Hall–Kier alpha value is -2.32. The third kappa shape index (κ3) is 2.87. The summed E-state index contributed by atoms with van der Waals surface area (Å²) >= 11 is 0. The predicted molar refractivity (Wildman–Crippen MR) is 66.8 cm³/mol. The minimum atomic E-state index is 0.556. The number of nitriles is 1. The first-order valence-corrected chi connectivity index (χ1v) is 5.59. The van der Waals surface area contributed by atoms with Crippen LogP contribution in [0.5, 0.6) is 5.75 Å². The van der Waals surface area contributed by atoms with Gasteiger partial charge in [-0.15, -0.1) is 0 Å². The maximum atomic E-state index is 8.99. The minimum Gasteiger partial charge on any atom is -0.495 e. The van der Waals surface area contributed by atoms with E-state index >= 15 is 0 Å². The van der Waals surface area contributed by atoms with Crippen LogP contribution >= 0.6 is 0 Å². The van der Waals surface area contributed by atoms with Gasteiger partial charge in [-0.25, -0.2) is 0 Å². The summed E-state index contributed by atoms with van der Waals surface area (Å²) < 4.78 is 5.10. The van der Waals surface area contributed by atoms with Crippen molar-refractivity contribution in [3.63, 3.8) is 0 Å². The molecule has 0 radical (unpaired) electrons. The van der Waals surface area contributed by atoms with Crippen LogP contribution in [0, 0.1) is 11.3 Å². The summed E-state index contributed by atoms with van der Waals surface area (Å²) in [6.45, 7) is 1.44. The van der Waals surface area contributed by atoms with Crippen molar-refractivity contribution in [1.29, 1.82) is 5.26 Å². The molecule has 0 aliphatic heterocycles. The molecule has 0 atom stereocenters. The molecule has 92 valence electrons. The fraction of sp³-hybridized carbons (Fsp3) is 0.231. The first-order valence-electron chi connectivity index (χ1n) is 5.59. The summed E-state index contributed by atoms with van der Waals surface area (Å²) in [7, 11) is 1.56. The van der Waals surface area contributed by atoms with E-state index in [1.165, 1.54) is 0 Å². The molecule has 0 saturated carbocycles. The maximum Gasteiger partial charge on any atom is 0.136 e. The quantitative estimate of drug-likeness (QED) is 0.834. The molecule has 1 heterocycles. The van der Waals surface area contributed by atoms with E-state index in [2.05, 4.69) is 21.6 Å². The van der Waals surface area contributed by atoms with Gasteiger partial charge in [0, 0.05) is 24.8 Å². The van der Waals surface area contributed by atoms with Gasteiger partial charge in [0.2, 0.25) is 0 Å². The van der Waals surface area contributed by atoms with Gasteiger partial charge in [-0.2, -0.15) is 10.4 Å². The molecule has 5 nitrogen and oxygen atoms in total. The molecule has 1 aromatic carbocycles. The number of nitrogens with one attached hydrogen (secondary N) is 2. The third-order valence-corrected chi connectivity index (χ3v) is 2.60. The lowest BCUT2D eigenvalue weighted by molar-refractivity contribution is 0.413. The zero-order chi connectivity index (χ0) is 12.8. The fourth-order valence-electron chi connectivity index (χ4n) is 1.68. The van der Waals surface area contributed by atoms with Crippen molar-refractivity contribution in [3.8, 4) is 11.8 Å². The molecular formula is C13H14N4O. The number of nitrogens with zero attached hydrogens (tertiary/aromatic N) is 2. The standard InChI is InChI=1S/C13H14N4O/c1-18-13-3-2-10(4-12(13)5-14)6-15-7-11-8-16-17-9-11/h2-4,8-9,15H,6-7H2,1H3,(H,16,17). The molecule has 0 spiro atoms. The van der Waals surface area contributed by atoms with Crippen LogP contribution in [0.25, 0.3) is 0 Å².